The van der Waals surface area contributed by atoms with Gasteiger partial charge in [-0.15, -0.1) is 0 Å². The van der Waals surface area contributed by atoms with Gasteiger partial charge >= 0.3 is 17.9 Å². The van der Waals surface area contributed by atoms with E-state index in [0.29, 0.717) is 19.3 Å². The Morgan fingerprint density at radius 3 is 0.778 bits per heavy atom. The predicted molar refractivity (Wildman–Crippen MR) is 353 cm³/mol. The molecule has 1 atom stereocenters. The maximum atomic E-state index is 13.0. The average molecular weight is 1130 g/mol. The van der Waals surface area contributed by atoms with Crippen LogP contribution in [0.25, 0.3) is 0 Å². The van der Waals surface area contributed by atoms with Crippen molar-refractivity contribution in [1.82, 2.24) is 0 Å². The van der Waals surface area contributed by atoms with Crippen LogP contribution in [0.3, 0.4) is 0 Å². The molecule has 0 amide bonds. The molecule has 0 radical (unpaired) electrons. The maximum Gasteiger partial charge on any atom is 0.306 e. The van der Waals surface area contributed by atoms with Crippen molar-refractivity contribution < 1.29 is 28.6 Å². The summed E-state index contributed by atoms with van der Waals surface area (Å²) < 4.78 is 17.0. The minimum Gasteiger partial charge on any atom is -0.462 e. The molecule has 0 saturated carbocycles. The molecule has 0 aliphatic rings. The Labute approximate surface area is 502 Å². The highest BCUT2D eigenvalue weighted by atomic mass is 16.6. The third-order valence-corrected chi connectivity index (χ3v) is 15.0. The van der Waals surface area contributed by atoms with Crippen molar-refractivity contribution in [2.45, 2.75) is 348 Å². The molecular weight excluding hydrogens is 997 g/mol. The fraction of sp³-hybridized carbons (Fsp3) is 0.747. The van der Waals surface area contributed by atoms with Gasteiger partial charge in [-0.05, 0) is 122 Å². The second-order valence-corrected chi connectivity index (χ2v) is 23.1. The summed E-state index contributed by atoms with van der Waals surface area (Å²) in [5, 5.41) is 0. The van der Waals surface area contributed by atoms with Crippen LogP contribution in [0.5, 0.6) is 0 Å². The Bertz CT molecular complexity index is 1580. The molecule has 0 fully saturated rings. The number of allylic oxidation sites excluding steroid dienone is 16. The van der Waals surface area contributed by atoms with E-state index in [0.717, 1.165) is 109 Å². The highest BCUT2D eigenvalue weighted by molar-refractivity contribution is 5.71. The lowest BCUT2D eigenvalue weighted by atomic mass is 10.0. The number of carbonyl (C=O) groups excluding carboxylic acids is 3. The van der Waals surface area contributed by atoms with E-state index in [1.807, 2.05) is 0 Å². The average Bonchev–Trinajstić information content (AvgIpc) is 3.47. The van der Waals surface area contributed by atoms with Crippen molar-refractivity contribution in [3.63, 3.8) is 0 Å². The van der Waals surface area contributed by atoms with E-state index in [2.05, 4.69) is 118 Å². The third-order valence-electron chi connectivity index (χ3n) is 15.0. The normalized spacial score (nSPS) is 12.7. The molecule has 6 heteroatoms. The molecule has 0 saturated heterocycles. The van der Waals surface area contributed by atoms with E-state index in [1.54, 1.807) is 0 Å². The molecule has 0 aliphatic heterocycles. The summed E-state index contributed by atoms with van der Waals surface area (Å²) in [6.45, 7) is 6.52. The number of rotatable bonds is 63. The molecule has 1 unspecified atom stereocenters. The summed E-state index contributed by atoms with van der Waals surface area (Å²) in [6, 6.07) is 0. The molecule has 0 N–H and O–H groups in total. The highest BCUT2D eigenvalue weighted by Crippen LogP contribution is 2.17. The summed E-state index contributed by atoms with van der Waals surface area (Å²) >= 11 is 0. The predicted octanol–water partition coefficient (Wildman–Crippen LogP) is 24.0. The van der Waals surface area contributed by atoms with Gasteiger partial charge in [0.15, 0.2) is 6.10 Å². The lowest BCUT2D eigenvalue weighted by molar-refractivity contribution is -0.167. The fourth-order valence-electron chi connectivity index (χ4n) is 9.85. The molecule has 0 aromatic heterocycles. The molecular formula is C75H130O6. The van der Waals surface area contributed by atoms with Crippen LogP contribution in [0.1, 0.15) is 342 Å². The van der Waals surface area contributed by atoms with Crippen LogP contribution in [0.2, 0.25) is 0 Å². The quantitative estimate of drug-likeness (QED) is 0.0261. The van der Waals surface area contributed by atoms with E-state index in [9.17, 15) is 14.4 Å². The minimum absolute atomic E-state index is 0.0825. The van der Waals surface area contributed by atoms with Crippen LogP contribution in [-0.2, 0) is 28.6 Å². The van der Waals surface area contributed by atoms with Gasteiger partial charge in [-0.3, -0.25) is 14.4 Å². The molecule has 6 nitrogen and oxygen atoms in total. The van der Waals surface area contributed by atoms with E-state index < -0.39 is 6.10 Å². The van der Waals surface area contributed by atoms with Crippen molar-refractivity contribution >= 4 is 17.9 Å². The molecule has 0 spiro atoms. The Kier molecular flexibility index (Phi) is 65.7. The lowest BCUT2D eigenvalue weighted by Crippen LogP contribution is -2.30. The van der Waals surface area contributed by atoms with Gasteiger partial charge in [0, 0.05) is 19.3 Å². The number of carbonyl (C=O) groups is 3. The summed E-state index contributed by atoms with van der Waals surface area (Å²) in [5.74, 6) is -0.884. The van der Waals surface area contributed by atoms with Crippen LogP contribution in [-0.4, -0.2) is 37.2 Å². The van der Waals surface area contributed by atoms with Crippen LogP contribution in [0.15, 0.2) is 97.2 Å². The Balaban J connectivity index is 4.36. The zero-order chi connectivity index (χ0) is 58.5. The summed E-state index contributed by atoms with van der Waals surface area (Å²) in [4.78, 5) is 38.5. The van der Waals surface area contributed by atoms with E-state index >= 15 is 0 Å². The monoisotopic (exact) mass is 1130 g/mol. The minimum atomic E-state index is -0.788. The Morgan fingerprint density at radius 2 is 0.481 bits per heavy atom. The number of esters is 3. The number of ether oxygens (including phenoxy) is 3. The number of hydrogen-bond acceptors (Lipinski definition) is 6. The van der Waals surface area contributed by atoms with Crippen molar-refractivity contribution in [2.75, 3.05) is 13.2 Å². The Morgan fingerprint density at radius 1 is 0.259 bits per heavy atom. The number of hydrogen-bond donors (Lipinski definition) is 0. The lowest BCUT2D eigenvalue weighted by Gasteiger charge is -2.18. The largest absolute Gasteiger partial charge is 0.462 e. The molecule has 81 heavy (non-hydrogen) atoms. The zero-order valence-corrected chi connectivity index (χ0v) is 53.5. The van der Waals surface area contributed by atoms with Gasteiger partial charge in [-0.1, -0.05) is 298 Å². The summed E-state index contributed by atoms with van der Waals surface area (Å²) in [6.07, 6.45) is 92.7. The first-order valence-electron chi connectivity index (χ1n) is 34.7. The van der Waals surface area contributed by atoms with Crippen LogP contribution < -0.4 is 0 Å². The first-order chi connectivity index (χ1) is 40.0. The van der Waals surface area contributed by atoms with Gasteiger partial charge in [0.2, 0.25) is 0 Å². The fourth-order valence-corrected chi connectivity index (χ4v) is 9.85. The third kappa shape index (κ3) is 67.0. The first-order valence-corrected chi connectivity index (χ1v) is 34.7. The second kappa shape index (κ2) is 68.8. The van der Waals surface area contributed by atoms with Gasteiger partial charge < -0.3 is 14.2 Å². The smallest absolute Gasteiger partial charge is 0.306 e. The SMILES string of the molecule is CC/C=C\C/C=C\C/C=C\C/C=C\CCCCCCCCCCC(=O)OC(COC(=O)CCCCCCCCC/C=C\C/C=C\CCCCC)COC(=O)CCCCCCCCCCCCCCC/C=C\C/C=C\CCCCCCC. The number of unbranched alkanes of at least 4 members (excludes halogenated alkanes) is 36. The van der Waals surface area contributed by atoms with Crippen molar-refractivity contribution in [3.8, 4) is 0 Å². The van der Waals surface area contributed by atoms with Crippen molar-refractivity contribution in [2.24, 2.45) is 0 Å². The van der Waals surface area contributed by atoms with Gasteiger partial charge in [0.05, 0.1) is 0 Å². The maximum absolute atomic E-state index is 13.0. The topological polar surface area (TPSA) is 78.9 Å². The first kappa shape index (κ1) is 77.3. The molecule has 0 aromatic rings. The molecule has 0 bridgehead atoms. The molecule has 0 aromatic carbocycles. The molecule has 466 valence electrons. The van der Waals surface area contributed by atoms with E-state index in [4.69, 9.17) is 14.2 Å². The van der Waals surface area contributed by atoms with Gasteiger partial charge in [0.1, 0.15) is 13.2 Å². The summed E-state index contributed by atoms with van der Waals surface area (Å²) in [5.41, 5.74) is 0. The van der Waals surface area contributed by atoms with Crippen LogP contribution in [0, 0.1) is 0 Å². The molecule has 0 aliphatic carbocycles. The van der Waals surface area contributed by atoms with Gasteiger partial charge in [-0.25, -0.2) is 0 Å². The standard InChI is InChI=1S/C75H130O6/c1-4-7-10-13-16-19-22-25-28-31-33-35-36-37-38-40-41-44-47-50-53-56-59-62-65-68-74(77)80-71-72(70-79-73(76)67-64-61-58-55-52-49-46-43-30-27-24-21-18-15-12-9-6-3)81-75(78)69-66-63-60-57-54-51-48-45-42-39-34-32-29-26-23-20-17-14-11-8-5-2/h8,11,17-18,20-22,25-27,29-31,33-34,39,72H,4-7,9-10,12-16,19,23-24,28,32,35-38,40-71H2,1-3H3/b11-8-,20-17-,21-18-,25-22-,29-26-,30-27-,33-31-,39-34-. The van der Waals surface area contributed by atoms with Crippen molar-refractivity contribution in [3.05, 3.63) is 97.2 Å². The zero-order valence-electron chi connectivity index (χ0n) is 53.5. The van der Waals surface area contributed by atoms with Gasteiger partial charge in [-0.2, -0.15) is 0 Å². The second-order valence-electron chi connectivity index (χ2n) is 23.1. The van der Waals surface area contributed by atoms with E-state index in [-0.39, 0.29) is 31.1 Å². The molecule has 0 heterocycles. The van der Waals surface area contributed by atoms with Crippen LogP contribution in [0.4, 0.5) is 0 Å². The van der Waals surface area contributed by atoms with Crippen molar-refractivity contribution in [1.29, 1.82) is 0 Å². The molecule has 0 rings (SSSR count). The highest BCUT2D eigenvalue weighted by Gasteiger charge is 2.19. The summed E-state index contributed by atoms with van der Waals surface area (Å²) in [7, 11) is 0. The Hall–Kier alpha value is -3.67. The van der Waals surface area contributed by atoms with Gasteiger partial charge in [0.25, 0.3) is 0 Å². The van der Waals surface area contributed by atoms with Crippen LogP contribution >= 0.6 is 0 Å². The van der Waals surface area contributed by atoms with E-state index in [1.165, 1.54) is 193 Å².